The Labute approximate surface area is 180 Å². The second-order valence-corrected chi connectivity index (χ2v) is 8.63. The molecule has 1 saturated heterocycles. The number of carbonyl (C=O) groups is 1. The Morgan fingerprint density at radius 1 is 1.14 bits per heavy atom. The fraction of sp³-hybridized carbons (Fsp3) is 0.316. The summed E-state index contributed by atoms with van der Waals surface area (Å²) >= 11 is 14.2. The van der Waals surface area contributed by atoms with Gasteiger partial charge in [-0.3, -0.25) is 4.79 Å². The third-order valence-corrected chi connectivity index (χ3v) is 6.64. The highest BCUT2D eigenvalue weighted by atomic mass is 35.5. The molecule has 0 atom stereocenters. The summed E-state index contributed by atoms with van der Waals surface area (Å²) in [5, 5.41) is 1.67. The molecule has 3 aromatic rings. The van der Waals surface area contributed by atoms with E-state index < -0.39 is 0 Å². The predicted octanol–water partition coefficient (Wildman–Crippen LogP) is 3.65. The minimum atomic E-state index is -0.0448. The maximum Gasteiger partial charge on any atom is 0.264 e. The van der Waals surface area contributed by atoms with Gasteiger partial charge in [0.15, 0.2) is 0 Å². The van der Waals surface area contributed by atoms with Crippen molar-refractivity contribution in [2.45, 2.75) is 6.42 Å². The molecule has 0 aliphatic carbocycles. The van der Waals surface area contributed by atoms with Gasteiger partial charge in [-0.1, -0.05) is 23.2 Å². The highest BCUT2D eigenvalue weighted by molar-refractivity contribution is 7.20. The average molecular weight is 451 g/mol. The average Bonchev–Trinajstić information content (AvgIpc) is 3.35. The van der Waals surface area contributed by atoms with Gasteiger partial charge in [0.2, 0.25) is 5.95 Å². The Kier molecular flexibility index (Phi) is 4.74. The molecule has 1 amide bonds. The number of thiophene rings is 1. The number of anilines is 1. The third-order valence-electron chi connectivity index (χ3n) is 5.04. The van der Waals surface area contributed by atoms with Crippen molar-refractivity contribution in [1.82, 2.24) is 14.9 Å². The van der Waals surface area contributed by atoms with Crippen molar-refractivity contribution in [2.24, 2.45) is 0 Å². The zero-order valence-corrected chi connectivity index (χ0v) is 17.5. The summed E-state index contributed by atoms with van der Waals surface area (Å²) in [4.78, 5) is 24.8. The fourth-order valence-corrected chi connectivity index (χ4v) is 5.37. The smallest absolute Gasteiger partial charge is 0.264 e. The molecule has 0 spiro atoms. The molecule has 2 aromatic heterocycles. The number of hydrogen-bond donors (Lipinski definition) is 1. The molecule has 29 heavy (non-hydrogen) atoms. The topological polar surface area (TPSA) is 90.6 Å². The van der Waals surface area contributed by atoms with Gasteiger partial charge in [-0.25, -0.2) is 9.97 Å². The molecule has 4 heterocycles. The number of halogens is 2. The first kappa shape index (κ1) is 18.9. The quantitative estimate of drug-likeness (QED) is 0.640. The molecule has 0 bridgehead atoms. The number of nitrogens with zero attached hydrogens (tertiary/aromatic N) is 3. The fourth-order valence-electron chi connectivity index (χ4n) is 3.71. The van der Waals surface area contributed by atoms with E-state index in [0.717, 1.165) is 16.5 Å². The lowest BCUT2D eigenvalue weighted by molar-refractivity contribution is 0.0306. The second-order valence-electron chi connectivity index (χ2n) is 6.79. The van der Waals surface area contributed by atoms with Crippen LogP contribution in [0.15, 0.2) is 12.1 Å². The zero-order valence-electron chi connectivity index (χ0n) is 15.2. The van der Waals surface area contributed by atoms with Gasteiger partial charge in [0, 0.05) is 36.0 Å². The Balaban J connectivity index is 1.67. The van der Waals surface area contributed by atoms with Crippen molar-refractivity contribution in [1.29, 1.82) is 0 Å². The largest absolute Gasteiger partial charge is 0.491 e. The second kappa shape index (κ2) is 7.28. The molecule has 2 aliphatic rings. The number of ether oxygens (including phenoxy) is 2. The molecule has 0 unspecified atom stereocenters. The number of benzene rings is 1. The lowest BCUT2D eigenvalue weighted by atomic mass is 10.00. The Bertz CT molecular complexity index is 1140. The summed E-state index contributed by atoms with van der Waals surface area (Å²) in [5.74, 6) is 0.700. The number of fused-ring (bicyclic) bond motifs is 2. The minimum absolute atomic E-state index is 0.0448. The van der Waals surface area contributed by atoms with E-state index in [4.69, 9.17) is 38.4 Å². The monoisotopic (exact) mass is 450 g/mol. The number of nitrogens with two attached hydrogens (primary N) is 1. The summed E-state index contributed by atoms with van der Waals surface area (Å²) < 4.78 is 11.0. The van der Waals surface area contributed by atoms with Gasteiger partial charge < -0.3 is 20.1 Å². The molecule has 150 valence electrons. The summed E-state index contributed by atoms with van der Waals surface area (Å²) in [6.45, 7) is 2.75. The van der Waals surface area contributed by atoms with E-state index in [-0.39, 0.29) is 11.9 Å². The van der Waals surface area contributed by atoms with Crippen LogP contribution in [0.5, 0.6) is 5.75 Å². The van der Waals surface area contributed by atoms with Gasteiger partial charge in [0.1, 0.15) is 10.6 Å². The van der Waals surface area contributed by atoms with Crippen LogP contribution in [-0.2, 0) is 11.2 Å². The maximum absolute atomic E-state index is 12.9. The van der Waals surface area contributed by atoms with Crippen molar-refractivity contribution in [3.05, 3.63) is 32.6 Å². The van der Waals surface area contributed by atoms with Crippen LogP contribution in [-0.4, -0.2) is 53.7 Å². The van der Waals surface area contributed by atoms with Crippen molar-refractivity contribution in [3.63, 3.8) is 0 Å². The first-order valence-electron chi connectivity index (χ1n) is 9.11. The van der Waals surface area contributed by atoms with Crippen LogP contribution in [0.2, 0.25) is 10.0 Å². The van der Waals surface area contributed by atoms with Crippen LogP contribution in [0, 0.1) is 0 Å². The third kappa shape index (κ3) is 3.20. The predicted molar refractivity (Wildman–Crippen MR) is 113 cm³/mol. The summed E-state index contributed by atoms with van der Waals surface area (Å²) in [6, 6.07) is 3.47. The van der Waals surface area contributed by atoms with Crippen LogP contribution in [0.4, 0.5) is 5.95 Å². The number of nitrogen functional groups attached to an aromatic ring is 1. The number of amides is 1. The van der Waals surface area contributed by atoms with E-state index in [2.05, 4.69) is 9.97 Å². The number of hydrogen-bond acceptors (Lipinski definition) is 7. The first-order valence-corrected chi connectivity index (χ1v) is 10.7. The van der Waals surface area contributed by atoms with Crippen LogP contribution in [0.1, 0.15) is 15.2 Å². The Morgan fingerprint density at radius 3 is 2.72 bits per heavy atom. The van der Waals surface area contributed by atoms with E-state index in [1.807, 2.05) is 6.07 Å². The van der Waals surface area contributed by atoms with Gasteiger partial charge in [0.05, 0.1) is 40.4 Å². The van der Waals surface area contributed by atoms with Crippen LogP contribution in [0.3, 0.4) is 0 Å². The molecule has 0 radical (unpaired) electrons. The lowest BCUT2D eigenvalue weighted by Crippen LogP contribution is -2.40. The highest BCUT2D eigenvalue weighted by Gasteiger charge is 2.27. The van der Waals surface area contributed by atoms with E-state index in [9.17, 15) is 4.79 Å². The molecule has 1 aromatic carbocycles. The van der Waals surface area contributed by atoms with E-state index >= 15 is 0 Å². The van der Waals surface area contributed by atoms with Gasteiger partial charge in [-0.2, -0.15) is 0 Å². The zero-order chi connectivity index (χ0) is 20.1. The summed E-state index contributed by atoms with van der Waals surface area (Å²) in [6.07, 6.45) is 0.667. The Hall–Kier alpha value is -2.13. The highest BCUT2D eigenvalue weighted by Crippen LogP contribution is 2.46. The SMILES string of the molecule is Nc1nc(-c2c(Cl)cc(Cl)c3c2CCO3)c2cc(C(=O)N3CCOCC3)sc2n1. The molecular weight excluding hydrogens is 435 g/mol. The first-order chi connectivity index (χ1) is 14.0. The van der Waals surface area contributed by atoms with Crippen LogP contribution in [0.25, 0.3) is 21.5 Å². The number of carbonyl (C=O) groups excluding carboxylic acids is 1. The minimum Gasteiger partial charge on any atom is -0.491 e. The van der Waals surface area contributed by atoms with Crippen LogP contribution >= 0.6 is 34.5 Å². The molecule has 7 nitrogen and oxygen atoms in total. The Morgan fingerprint density at radius 2 is 1.93 bits per heavy atom. The molecular formula is C19H16Cl2N4O3S. The molecule has 2 aliphatic heterocycles. The van der Waals surface area contributed by atoms with E-state index in [0.29, 0.717) is 70.5 Å². The maximum atomic E-state index is 12.9. The van der Waals surface area contributed by atoms with Crippen LogP contribution < -0.4 is 10.5 Å². The van der Waals surface area contributed by atoms with E-state index in [1.165, 1.54) is 11.3 Å². The molecule has 10 heteroatoms. The van der Waals surface area contributed by atoms with Gasteiger partial charge >= 0.3 is 0 Å². The van der Waals surface area contributed by atoms with E-state index in [1.54, 1.807) is 11.0 Å². The number of morpholine rings is 1. The summed E-state index contributed by atoms with van der Waals surface area (Å²) in [5.41, 5.74) is 8.20. The van der Waals surface area contributed by atoms with Crippen molar-refractivity contribution >= 4 is 56.6 Å². The molecule has 5 rings (SSSR count). The number of aromatic nitrogens is 2. The van der Waals surface area contributed by atoms with Gasteiger partial charge in [-0.05, 0) is 12.1 Å². The normalized spacial score (nSPS) is 16.1. The van der Waals surface area contributed by atoms with Crippen molar-refractivity contribution in [3.8, 4) is 17.0 Å². The molecule has 1 fully saturated rings. The molecule has 0 saturated carbocycles. The van der Waals surface area contributed by atoms with Gasteiger partial charge in [0.25, 0.3) is 5.91 Å². The van der Waals surface area contributed by atoms with Crippen molar-refractivity contribution < 1.29 is 14.3 Å². The number of rotatable bonds is 2. The summed E-state index contributed by atoms with van der Waals surface area (Å²) in [7, 11) is 0. The van der Waals surface area contributed by atoms with Gasteiger partial charge in [-0.15, -0.1) is 11.3 Å². The molecule has 2 N–H and O–H groups in total. The van der Waals surface area contributed by atoms with Crippen molar-refractivity contribution in [2.75, 3.05) is 38.6 Å². The standard InChI is InChI=1S/C19H16Cl2N4O3S/c20-11-8-12(21)16-9(1-4-28-16)14(11)15-10-7-13(29-17(10)24-19(22)23-15)18(26)25-2-5-27-6-3-25/h7-8H,1-6H2,(H2,22,23,24). The lowest BCUT2D eigenvalue weighted by Gasteiger charge is -2.26.